The van der Waals surface area contributed by atoms with Crippen LogP contribution in [0.2, 0.25) is 0 Å². The molecule has 1 aliphatic rings. The zero-order valence-electron chi connectivity index (χ0n) is 8.41. The van der Waals surface area contributed by atoms with Crippen LogP contribution >= 0.6 is 11.8 Å². The predicted molar refractivity (Wildman–Crippen MR) is 53.1 cm³/mol. The quantitative estimate of drug-likeness (QED) is 0.506. The molecule has 4 nitrogen and oxygen atoms in total. The summed E-state index contributed by atoms with van der Waals surface area (Å²) in [6.45, 7) is 0. The Balaban J connectivity index is 2.10. The average molecular weight is 219 g/mol. The summed E-state index contributed by atoms with van der Waals surface area (Å²) in [5.74, 6) is 0.157. The first-order valence-electron chi connectivity index (χ1n) is 5.09. The second-order valence-corrected chi connectivity index (χ2v) is 5.19. The number of unbranched alkanes of at least 4 members (excludes halogenated alkanes) is 1. The molecule has 0 aliphatic carbocycles. The zero-order chi connectivity index (χ0) is 10.6. The molecule has 0 saturated carbocycles. The van der Waals surface area contributed by atoms with Gasteiger partial charge in [0, 0.05) is 5.97 Å². The SMILES string of the molecule is [NH3+][C@@H]1[C@H]([NH3+])CS[C@H]1CCCCC(=O)[O-]. The normalized spacial score (nSPS) is 32.0. The van der Waals surface area contributed by atoms with Gasteiger partial charge in [0.1, 0.15) is 12.1 Å². The highest BCUT2D eigenvalue weighted by Gasteiger charge is 2.36. The van der Waals surface area contributed by atoms with E-state index in [0.717, 1.165) is 25.0 Å². The van der Waals surface area contributed by atoms with E-state index in [-0.39, 0.29) is 6.42 Å². The van der Waals surface area contributed by atoms with Gasteiger partial charge in [-0.15, -0.1) is 11.8 Å². The third-order valence-corrected chi connectivity index (χ3v) is 4.36. The lowest BCUT2D eigenvalue weighted by Gasteiger charge is -2.11. The van der Waals surface area contributed by atoms with Gasteiger partial charge in [-0.2, -0.15) is 0 Å². The Morgan fingerprint density at radius 1 is 1.43 bits per heavy atom. The number of thioether (sulfide) groups is 1. The van der Waals surface area contributed by atoms with E-state index in [1.165, 1.54) is 0 Å². The van der Waals surface area contributed by atoms with Gasteiger partial charge in [-0.1, -0.05) is 6.42 Å². The molecule has 5 heteroatoms. The van der Waals surface area contributed by atoms with E-state index in [0.29, 0.717) is 17.3 Å². The number of hydrogen-bond donors (Lipinski definition) is 2. The van der Waals surface area contributed by atoms with E-state index in [2.05, 4.69) is 11.5 Å². The molecule has 0 unspecified atom stereocenters. The molecule has 3 atom stereocenters. The maximum atomic E-state index is 10.2. The van der Waals surface area contributed by atoms with Crippen molar-refractivity contribution in [1.29, 1.82) is 0 Å². The summed E-state index contributed by atoms with van der Waals surface area (Å²) < 4.78 is 0. The van der Waals surface area contributed by atoms with Crippen LogP contribution in [0.1, 0.15) is 25.7 Å². The van der Waals surface area contributed by atoms with Crippen LogP contribution in [0.25, 0.3) is 0 Å². The van der Waals surface area contributed by atoms with Crippen LogP contribution in [0.3, 0.4) is 0 Å². The molecule has 82 valence electrons. The molecule has 1 aliphatic heterocycles. The van der Waals surface area contributed by atoms with E-state index in [1.54, 1.807) is 0 Å². The van der Waals surface area contributed by atoms with Crippen molar-refractivity contribution in [2.24, 2.45) is 0 Å². The van der Waals surface area contributed by atoms with Crippen LogP contribution in [-0.4, -0.2) is 29.1 Å². The largest absolute Gasteiger partial charge is 0.550 e. The summed E-state index contributed by atoms with van der Waals surface area (Å²) in [5, 5.41) is 10.8. The fraction of sp³-hybridized carbons (Fsp3) is 0.889. The molecule has 6 N–H and O–H groups in total. The smallest absolute Gasteiger partial charge is 0.149 e. The van der Waals surface area contributed by atoms with Crippen LogP contribution in [-0.2, 0) is 4.79 Å². The number of hydrogen-bond acceptors (Lipinski definition) is 3. The highest BCUT2D eigenvalue weighted by Crippen LogP contribution is 2.27. The molecule has 0 bridgehead atoms. The standard InChI is InChI=1S/C9H18N2O2S/c10-6-5-14-7(9(6)11)3-1-2-4-8(12)13/h6-7,9H,1-5,10-11H2,(H,12,13)/p+1/t6-,7+,9-/m1/s1. The average Bonchev–Trinajstić information content (AvgIpc) is 2.43. The Morgan fingerprint density at radius 2 is 2.14 bits per heavy atom. The van der Waals surface area contributed by atoms with Crippen molar-refractivity contribution in [2.45, 2.75) is 43.0 Å². The Bertz CT molecular complexity index is 201. The Kier molecular flexibility index (Phi) is 4.71. The third-order valence-electron chi connectivity index (χ3n) is 2.73. The minimum atomic E-state index is -0.940. The van der Waals surface area contributed by atoms with Crippen molar-refractivity contribution < 1.29 is 21.4 Å². The first-order chi connectivity index (χ1) is 6.61. The molecule has 1 rings (SSSR count). The minimum Gasteiger partial charge on any atom is -0.550 e. The molecule has 0 aromatic carbocycles. The van der Waals surface area contributed by atoms with Crippen molar-refractivity contribution in [3.05, 3.63) is 0 Å². The van der Waals surface area contributed by atoms with E-state index in [4.69, 9.17) is 0 Å². The molecular formula is C9H19N2O2S+. The number of aliphatic carboxylic acids is 1. The van der Waals surface area contributed by atoms with Crippen LogP contribution in [0.5, 0.6) is 0 Å². The van der Waals surface area contributed by atoms with Crippen molar-refractivity contribution in [1.82, 2.24) is 0 Å². The molecule has 1 fully saturated rings. The Labute approximate surface area is 88.4 Å². The summed E-state index contributed by atoms with van der Waals surface area (Å²) in [7, 11) is 0. The summed E-state index contributed by atoms with van der Waals surface area (Å²) in [6, 6.07) is 0.897. The second-order valence-electron chi connectivity index (χ2n) is 3.91. The molecule has 1 saturated heterocycles. The zero-order valence-corrected chi connectivity index (χ0v) is 9.22. The first-order valence-corrected chi connectivity index (χ1v) is 6.13. The lowest BCUT2D eigenvalue weighted by Crippen LogP contribution is -2.80. The van der Waals surface area contributed by atoms with E-state index in [9.17, 15) is 9.90 Å². The Morgan fingerprint density at radius 3 is 2.64 bits per heavy atom. The molecule has 0 aromatic heterocycles. The summed E-state index contributed by atoms with van der Waals surface area (Å²) in [4.78, 5) is 10.2. The highest BCUT2D eigenvalue weighted by molar-refractivity contribution is 8.00. The monoisotopic (exact) mass is 219 g/mol. The number of rotatable bonds is 5. The summed E-state index contributed by atoms with van der Waals surface area (Å²) in [5.41, 5.74) is 8.14. The van der Waals surface area contributed by atoms with Gasteiger partial charge in [-0.25, -0.2) is 0 Å². The van der Waals surface area contributed by atoms with Crippen molar-refractivity contribution >= 4 is 17.7 Å². The molecular weight excluding hydrogens is 200 g/mol. The number of carbonyl (C=O) groups excluding carboxylic acids is 1. The number of quaternary nitrogens is 2. The van der Waals surface area contributed by atoms with E-state index >= 15 is 0 Å². The summed E-state index contributed by atoms with van der Waals surface area (Å²) in [6.07, 6.45) is 2.95. The van der Waals surface area contributed by atoms with Gasteiger partial charge >= 0.3 is 0 Å². The fourth-order valence-corrected chi connectivity index (χ4v) is 3.25. The lowest BCUT2D eigenvalue weighted by molar-refractivity contribution is -0.520. The molecule has 0 radical (unpaired) electrons. The number of carbonyl (C=O) groups is 1. The molecule has 1 heterocycles. The second kappa shape index (κ2) is 5.58. The van der Waals surface area contributed by atoms with Gasteiger partial charge in [0.15, 0.2) is 0 Å². The molecule has 0 spiro atoms. The van der Waals surface area contributed by atoms with Gasteiger partial charge in [-0.05, 0) is 19.3 Å². The van der Waals surface area contributed by atoms with E-state index < -0.39 is 5.97 Å². The van der Waals surface area contributed by atoms with Gasteiger partial charge in [0.25, 0.3) is 0 Å². The first kappa shape index (κ1) is 11.8. The summed E-state index contributed by atoms with van der Waals surface area (Å²) >= 11 is 1.93. The van der Waals surface area contributed by atoms with Crippen LogP contribution in [0.4, 0.5) is 0 Å². The van der Waals surface area contributed by atoms with Crippen LogP contribution in [0.15, 0.2) is 0 Å². The van der Waals surface area contributed by atoms with Gasteiger partial charge in [0.05, 0.1) is 11.0 Å². The molecule has 0 aromatic rings. The van der Waals surface area contributed by atoms with Crippen molar-refractivity contribution in [3.63, 3.8) is 0 Å². The topological polar surface area (TPSA) is 95.4 Å². The predicted octanol–water partition coefficient (Wildman–Crippen LogP) is -2.37. The van der Waals surface area contributed by atoms with Crippen molar-refractivity contribution in [3.8, 4) is 0 Å². The van der Waals surface area contributed by atoms with E-state index in [1.807, 2.05) is 11.8 Å². The van der Waals surface area contributed by atoms with Gasteiger partial charge in [-0.3, -0.25) is 0 Å². The maximum Gasteiger partial charge on any atom is 0.149 e. The van der Waals surface area contributed by atoms with Gasteiger partial charge in [0.2, 0.25) is 0 Å². The van der Waals surface area contributed by atoms with Crippen LogP contribution in [0, 0.1) is 0 Å². The third kappa shape index (κ3) is 3.48. The number of carboxylic acid groups (broad SMARTS) is 1. The van der Waals surface area contributed by atoms with Gasteiger partial charge < -0.3 is 21.4 Å². The maximum absolute atomic E-state index is 10.2. The Hall–Kier alpha value is -0.260. The molecule has 0 amide bonds. The number of carboxylic acids is 1. The minimum absolute atomic E-state index is 0.187. The highest BCUT2D eigenvalue weighted by atomic mass is 32.2. The van der Waals surface area contributed by atoms with Crippen LogP contribution < -0.4 is 16.6 Å². The molecule has 14 heavy (non-hydrogen) atoms. The lowest BCUT2D eigenvalue weighted by atomic mass is 10.0. The fourth-order valence-electron chi connectivity index (χ4n) is 1.71. The van der Waals surface area contributed by atoms with Crippen molar-refractivity contribution in [2.75, 3.05) is 5.75 Å².